The van der Waals surface area contributed by atoms with Crippen molar-refractivity contribution in [2.45, 2.75) is 77.0 Å². The second kappa shape index (κ2) is 9.73. The van der Waals surface area contributed by atoms with E-state index in [1.54, 1.807) is 4.90 Å². The van der Waals surface area contributed by atoms with Gasteiger partial charge in [-0.1, -0.05) is 60.9 Å². The Labute approximate surface area is 226 Å². The second-order valence-corrected chi connectivity index (χ2v) is 12.5. The third kappa shape index (κ3) is 4.66. The maximum absolute atomic E-state index is 14.0. The lowest BCUT2D eigenvalue weighted by Gasteiger charge is -2.45. The molecule has 1 saturated carbocycles. The number of hydrogen-bond acceptors (Lipinski definition) is 5. The summed E-state index contributed by atoms with van der Waals surface area (Å²) in [6.45, 7) is 5.61. The van der Waals surface area contributed by atoms with E-state index in [0.29, 0.717) is 11.6 Å². The monoisotopic (exact) mass is 530 g/mol. The molecular weight excluding hydrogens is 496 g/mol. The molecule has 3 heterocycles. The molecule has 7 nitrogen and oxygen atoms in total. The van der Waals surface area contributed by atoms with Crippen LogP contribution in [0.2, 0.25) is 0 Å². The molecule has 0 saturated heterocycles. The van der Waals surface area contributed by atoms with Gasteiger partial charge in [0.1, 0.15) is 11.6 Å². The molecule has 1 fully saturated rings. The van der Waals surface area contributed by atoms with Gasteiger partial charge in [-0.25, -0.2) is 9.78 Å². The fourth-order valence-electron chi connectivity index (χ4n) is 6.12. The Morgan fingerprint density at radius 1 is 1.05 bits per heavy atom. The zero-order valence-electron chi connectivity index (χ0n) is 22.1. The van der Waals surface area contributed by atoms with Crippen molar-refractivity contribution in [3.8, 4) is 0 Å². The van der Waals surface area contributed by atoms with E-state index in [4.69, 9.17) is 4.74 Å². The number of nitrogens with one attached hydrogen (secondary N) is 2. The number of fused-ring (bicyclic) bond motifs is 4. The smallest absolute Gasteiger partial charge is 0.411 e. The largest absolute Gasteiger partial charge is 0.444 e. The molecule has 0 radical (unpaired) electrons. The van der Waals surface area contributed by atoms with Crippen LogP contribution in [0, 0.1) is 5.92 Å². The highest BCUT2D eigenvalue weighted by molar-refractivity contribution is 7.22. The van der Waals surface area contributed by atoms with E-state index in [1.165, 1.54) is 17.8 Å². The van der Waals surface area contributed by atoms with Crippen LogP contribution in [-0.2, 0) is 16.0 Å². The molecule has 2 aromatic heterocycles. The number of para-hydroxylation sites is 2. The van der Waals surface area contributed by atoms with Gasteiger partial charge < -0.3 is 15.0 Å². The van der Waals surface area contributed by atoms with Crippen molar-refractivity contribution in [2.24, 2.45) is 5.92 Å². The third-order valence-corrected chi connectivity index (χ3v) is 8.65. The number of carbonyl (C=O) groups is 2. The van der Waals surface area contributed by atoms with E-state index in [0.717, 1.165) is 58.1 Å². The number of nitrogens with zero attached hydrogens (tertiary/aromatic N) is 2. The topological polar surface area (TPSA) is 87.3 Å². The molecule has 2 amide bonds. The average Bonchev–Trinajstić information content (AvgIpc) is 3.47. The Morgan fingerprint density at radius 3 is 2.55 bits per heavy atom. The molecule has 198 valence electrons. The minimum Gasteiger partial charge on any atom is -0.444 e. The minimum atomic E-state index is -0.713. The zero-order chi connectivity index (χ0) is 26.4. The van der Waals surface area contributed by atoms with Crippen LogP contribution in [0.3, 0.4) is 0 Å². The number of amides is 2. The Kier molecular flexibility index (Phi) is 6.38. The summed E-state index contributed by atoms with van der Waals surface area (Å²) in [5.74, 6) is 0.0211. The molecule has 2 N–H and O–H groups in total. The molecule has 1 aliphatic heterocycles. The van der Waals surface area contributed by atoms with Gasteiger partial charge >= 0.3 is 6.09 Å². The standard InChI is InChI=1S/C30H34N4O3S/c1-30(2,3)37-29(36)34-23(27(35)33-28-32-22-15-9-10-16-24(22)38-28)17-20-19-13-7-8-14-21(19)31-25(20)26(34)18-11-5-4-6-12-18/h7-10,13-16,18,23,26,31H,4-6,11-12,17H2,1-3H3,(H,32,33,35)/t23-,26+/m1/s1. The van der Waals surface area contributed by atoms with Crippen LogP contribution in [0.15, 0.2) is 48.5 Å². The van der Waals surface area contributed by atoms with E-state index in [-0.39, 0.29) is 17.9 Å². The summed E-state index contributed by atoms with van der Waals surface area (Å²) >= 11 is 1.44. The van der Waals surface area contributed by atoms with Gasteiger partial charge in [-0.2, -0.15) is 0 Å². The van der Waals surface area contributed by atoms with Gasteiger partial charge in [0.05, 0.1) is 16.3 Å². The summed E-state index contributed by atoms with van der Waals surface area (Å²) in [4.78, 5) is 37.9. The molecule has 38 heavy (non-hydrogen) atoms. The van der Waals surface area contributed by atoms with Crippen molar-refractivity contribution in [1.29, 1.82) is 0 Å². The minimum absolute atomic E-state index is 0.230. The third-order valence-electron chi connectivity index (χ3n) is 7.70. The lowest BCUT2D eigenvalue weighted by atomic mass is 9.78. The molecule has 2 aromatic carbocycles. The summed E-state index contributed by atoms with van der Waals surface area (Å²) in [6, 6.07) is 15.1. The quantitative estimate of drug-likeness (QED) is 0.293. The molecule has 0 unspecified atom stereocenters. The highest BCUT2D eigenvalue weighted by atomic mass is 32.1. The molecule has 2 aliphatic rings. The lowest BCUT2D eigenvalue weighted by molar-refractivity contribution is -0.123. The van der Waals surface area contributed by atoms with E-state index >= 15 is 0 Å². The van der Waals surface area contributed by atoms with Gasteiger partial charge in [-0.15, -0.1) is 0 Å². The van der Waals surface area contributed by atoms with E-state index in [1.807, 2.05) is 57.2 Å². The first kappa shape index (κ1) is 24.9. The van der Waals surface area contributed by atoms with Crippen LogP contribution < -0.4 is 5.32 Å². The number of ether oxygens (including phenoxy) is 1. The van der Waals surface area contributed by atoms with Crippen molar-refractivity contribution in [1.82, 2.24) is 14.9 Å². The second-order valence-electron chi connectivity index (χ2n) is 11.5. The van der Waals surface area contributed by atoms with Gasteiger partial charge in [0, 0.05) is 23.0 Å². The van der Waals surface area contributed by atoms with Crippen molar-refractivity contribution in [3.63, 3.8) is 0 Å². The van der Waals surface area contributed by atoms with Gasteiger partial charge in [0.2, 0.25) is 5.91 Å². The first-order valence-electron chi connectivity index (χ1n) is 13.6. The highest BCUT2D eigenvalue weighted by Gasteiger charge is 2.47. The summed E-state index contributed by atoms with van der Waals surface area (Å²) in [5, 5.41) is 4.71. The number of anilines is 1. The van der Waals surface area contributed by atoms with Gasteiger partial charge in [0.15, 0.2) is 5.13 Å². The highest BCUT2D eigenvalue weighted by Crippen LogP contribution is 2.46. The molecular formula is C30H34N4O3S. The Hall–Kier alpha value is -3.39. The number of benzene rings is 2. The van der Waals surface area contributed by atoms with E-state index in [9.17, 15) is 9.59 Å². The first-order chi connectivity index (χ1) is 18.3. The number of H-pyrrole nitrogens is 1. The van der Waals surface area contributed by atoms with Crippen molar-refractivity contribution >= 4 is 49.6 Å². The van der Waals surface area contributed by atoms with Crippen LogP contribution >= 0.6 is 11.3 Å². The van der Waals surface area contributed by atoms with Crippen LogP contribution in [-0.4, -0.2) is 38.5 Å². The number of aromatic nitrogens is 2. The summed E-state index contributed by atoms with van der Waals surface area (Å²) in [6.07, 6.45) is 5.47. The number of aromatic amines is 1. The van der Waals surface area contributed by atoms with Crippen LogP contribution in [0.5, 0.6) is 0 Å². The number of rotatable bonds is 3. The Balaban J connectivity index is 1.44. The predicted molar refractivity (Wildman–Crippen MR) is 151 cm³/mol. The van der Waals surface area contributed by atoms with Crippen LogP contribution in [0.25, 0.3) is 21.1 Å². The summed E-state index contributed by atoms with van der Waals surface area (Å²) in [7, 11) is 0. The maximum atomic E-state index is 14.0. The van der Waals surface area contributed by atoms with E-state index in [2.05, 4.69) is 27.4 Å². The predicted octanol–water partition coefficient (Wildman–Crippen LogP) is 7.20. The number of carbonyl (C=O) groups excluding carboxylic acids is 2. The lowest BCUT2D eigenvalue weighted by Crippen LogP contribution is -2.55. The summed E-state index contributed by atoms with van der Waals surface area (Å²) < 4.78 is 6.95. The normalized spacial score (nSPS) is 20.4. The van der Waals surface area contributed by atoms with Gasteiger partial charge in [-0.05, 0) is 63.3 Å². The summed E-state index contributed by atoms with van der Waals surface area (Å²) in [5.41, 5.74) is 3.38. The van der Waals surface area contributed by atoms with E-state index < -0.39 is 17.7 Å². The van der Waals surface area contributed by atoms with Gasteiger partial charge in [-0.3, -0.25) is 9.69 Å². The van der Waals surface area contributed by atoms with Crippen LogP contribution in [0.1, 0.15) is 70.2 Å². The fourth-order valence-corrected chi connectivity index (χ4v) is 6.99. The number of thiazole rings is 1. The van der Waals surface area contributed by atoms with Crippen LogP contribution in [0.4, 0.5) is 9.93 Å². The molecule has 6 rings (SSSR count). The molecule has 0 spiro atoms. The van der Waals surface area contributed by atoms with Crippen molar-refractivity contribution < 1.29 is 14.3 Å². The first-order valence-corrected chi connectivity index (χ1v) is 14.4. The molecule has 8 heteroatoms. The molecule has 2 atom stereocenters. The fraction of sp³-hybridized carbons (Fsp3) is 0.433. The maximum Gasteiger partial charge on any atom is 0.411 e. The SMILES string of the molecule is CC(C)(C)OC(=O)N1[C@@H](C(=O)Nc2nc3ccccc3s2)Cc2c([nH]c3ccccc23)[C@@H]1C1CCCCC1. The Bertz CT molecular complexity index is 1460. The average molecular weight is 531 g/mol. The molecule has 0 bridgehead atoms. The molecule has 4 aromatic rings. The van der Waals surface area contributed by atoms with Crippen molar-refractivity contribution in [3.05, 3.63) is 59.8 Å². The molecule has 1 aliphatic carbocycles. The Morgan fingerprint density at radius 2 is 1.79 bits per heavy atom. The van der Waals surface area contributed by atoms with Gasteiger partial charge in [0.25, 0.3) is 0 Å². The van der Waals surface area contributed by atoms with Crippen molar-refractivity contribution in [2.75, 3.05) is 5.32 Å². The number of hydrogen-bond donors (Lipinski definition) is 2. The zero-order valence-corrected chi connectivity index (χ0v) is 22.9.